The van der Waals surface area contributed by atoms with Crippen LogP contribution in [0.3, 0.4) is 0 Å². The minimum atomic E-state index is -0.337. The Kier molecular flexibility index (Phi) is 4.51. The molecule has 4 heteroatoms. The Morgan fingerprint density at radius 2 is 1.88 bits per heavy atom. The Bertz CT molecular complexity index is 370. The third kappa shape index (κ3) is 4.13. The summed E-state index contributed by atoms with van der Waals surface area (Å²) in [6.07, 6.45) is 0.200. The minimum Gasteiger partial charge on any atom is -0.494 e. The van der Waals surface area contributed by atoms with Gasteiger partial charge in [0.2, 0.25) is 11.8 Å². The number of hydrogen-bond donors (Lipinski definition) is 1. The average Bonchev–Trinajstić information content (AvgIpc) is 2.20. The number of carbonyl (C=O) groups is 2. The molecule has 0 aromatic heterocycles. The van der Waals surface area contributed by atoms with Crippen LogP contribution < -0.4 is 10.1 Å². The van der Waals surface area contributed by atoms with Gasteiger partial charge in [0.15, 0.2) is 0 Å². The molecule has 1 aromatic rings. The molecule has 2 amide bonds. The summed E-state index contributed by atoms with van der Waals surface area (Å²) < 4.78 is 5.28. The number of ether oxygens (including phenoxy) is 1. The summed E-state index contributed by atoms with van der Waals surface area (Å²) in [5, 5.41) is 2.22. The van der Waals surface area contributed by atoms with Crippen LogP contribution in [-0.4, -0.2) is 18.4 Å². The zero-order chi connectivity index (χ0) is 12.0. The van der Waals surface area contributed by atoms with E-state index in [4.69, 9.17) is 4.74 Å². The largest absolute Gasteiger partial charge is 0.494 e. The number of imide groups is 1. The predicted molar refractivity (Wildman–Crippen MR) is 60.1 cm³/mol. The normalized spacial score (nSPS) is 9.62. The fourth-order valence-corrected chi connectivity index (χ4v) is 1.30. The van der Waals surface area contributed by atoms with Gasteiger partial charge in [-0.1, -0.05) is 12.1 Å². The molecular weight excluding hydrogens is 206 g/mol. The van der Waals surface area contributed by atoms with Crippen molar-refractivity contribution in [3.63, 3.8) is 0 Å². The van der Waals surface area contributed by atoms with Gasteiger partial charge in [-0.25, -0.2) is 0 Å². The average molecular weight is 221 g/mol. The van der Waals surface area contributed by atoms with E-state index in [0.717, 1.165) is 11.3 Å². The zero-order valence-electron chi connectivity index (χ0n) is 9.45. The van der Waals surface area contributed by atoms with Crippen molar-refractivity contribution in [2.75, 3.05) is 6.61 Å². The van der Waals surface area contributed by atoms with Gasteiger partial charge in [-0.05, 0) is 24.6 Å². The Morgan fingerprint density at radius 1 is 1.25 bits per heavy atom. The maximum absolute atomic E-state index is 11.3. The first-order chi connectivity index (χ1) is 7.61. The van der Waals surface area contributed by atoms with E-state index in [-0.39, 0.29) is 18.2 Å². The van der Waals surface area contributed by atoms with Crippen LogP contribution in [0.25, 0.3) is 0 Å². The number of hydrogen-bond acceptors (Lipinski definition) is 3. The Morgan fingerprint density at radius 3 is 2.38 bits per heavy atom. The number of carbonyl (C=O) groups excluding carboxylic acids is 2. The molecule has 0 radical (unpaired) electrons. The first-order valence-electron chi connectivity index (χ1n) is 5.14. The van der Waals surface area contributed by atoms with Gasteiger partial charge < -0.3 is 4.74 Å². The smallest absolute Gasteiger partial charge is 0.230 e. The van der Waals surface area contributed by atoms with E-state index < -0.39 is 0 Å². The second kappa shape index (κ2) is 5.90. The number of amides is 2. The summed E-state index contributed by atoms with van der Waals surface area (Å²) in [7, 11) is 0. The van der Waals surface area contributed by atoms with Crippen LogP contribution >= 0.6 is 0 Å². The molecule has 0 aliphatic carbocycles. The van der Waals surface area contributed by atoms with E-state index in [1.807, 2.05) is 19.1 Å². The second-order valence-electron chi connectivity index (χ2n) is 3.36. The molecule has 0 saturated heterocycles. The SMILES string of the molecule is CCOc1ccc(CC(=O)NC(C)=O)cc1. The van der Waals surface area contributed by atoms with Gasteiger partial charge in [-0.3, -0.25) is 14.9 Å². The molecule has 0 saturated carbocycles. The quantitative estimate of drug-likeness (QED) is 0.833. The van der Waals surface area contributed by atoms with Crippen LogP contribution in [0.2, 0.25) is 0 Å². The van der Waals surface area contributed by atoms with Crippen molar-refractivity contribution in [3.05, 3.63) is 29.8 Å². The van der Waals surface area contributed by atoms with Crippen LogP contribution in [0.5, 0.6) is 5.75 Å². The van der Waals surface area contributed by atoms with Crippen LogP contribution in [0.15, 0.2) is 24.3 Å². The molecule has 4 nitrogen and oxygen atoms in total. The second-order valence-corrected chi connectivity index (χ2v) is 3.36. The van der Waals surface area contributed by atoms with Crippen molar-refractivity contribution in [1.29, 1.82) is 0 Å². The third-order valence-electron chi connectivity index (χ3n) is 1.91. The molecule has 86 valence electrons. The maximum Gasteiger partial charge on any atom is 0.230 e. The first kappa shape index (κ1) is 12.2. The standard InChI is InChI=1S/C12H15NO3/c1-3-16-11-6-4-10(5-7-11)8-12(15)13-9(2)14/h4-7H,3,8H2,1-2H3,(H,13,14,15). The topological polar surface area (TPSA) is 55.4 Å². The highest BCUT2D eigenvalue weighted by molar-refractivity contribution is 5.94. The van der Waals surface area contributed by atoms with E-state index in [9.17, 15) is 9.59 Å². The lowest BCUT2D eigenvalue weighted by Gasteiger charge is -2.04. The minimum absolute atomic E-state index is 0.200. The summed E-state index contributed by atoms with van der Waals surface area (Å²) in [6.45, 7) is 3.84. The maximum atomic E-state index is 11.3. The highest BCUT2D eigenvalue weighted by atomic mass is 16.5. The molecule has 0 unspecified atom stereocenters. The molecule has 1 aromatic carbocycles. The Hall–Kier alpha value is -1.84. The molecule has 0 fully saturated rings. The molecule has 1 N–H and O–H groups in total. The monoisotopic (exact) mass is 221 g/mol. The highest BCUT2D eigenvalue weighted by Gasteiger charge is 2.04. The van der Waals surface area contributed by atoms with Crippen molar-refractivity contribution < 1.29 is 14.3 Å². The van der Waals surface area contributed by atoms with Gasteiger partial charge in [0.1, 0.15) is 5.75 Å². The van der Waals surface area contributed by atoms with Crippen LogP contribution in [0.1, 0.15) is 19.4 Å². The number of benzene rings is 1. The highest BCUT2D eigenvalue weighted by Crippen LogP contribution is 2.12. The molecule has 16 heavy (non-hydrogen) atoms. The van der Waals surface area contributed by atoms with Crippen molar-refractivity contribution in [1.82, 2.24) is 5.32 Å². The summed E-state index contributed by atoms with van der Waals surface area (Å²) in [6, 6.07) is 7.23. The van der Waals surface area contributed by atoms with E-state index in [1.54, 1.807) is 12.1 Å². The fourth-order valence-electron chi connectivity index (χ4n) is 1.30. The van der Waals surface area contributed by atoms with Crippen molar-refractivity contribution in [2.45, 2.75) is 20.3 Å². The lowest BCUT2D eigenvalue weighted by molar-refractivity contribution is -0.128. The molecule has 0 heterocycles. The summed E-state index contributed by atoms with van der Waals surface area (Å²) >= 11 is 0. The first-order valence-corrected chi connectivity index (χ1v) is 5.14. The van der Waals surface area contributed by atoms with Gasteiger partial charge in [0, 0.05) is 6.92 Å². The molecule has 0 atom stereocenters. The third-order valence-corrected chi connectivity index (χ3v) is 1.91. The summed E-state index contributed by atoms with van der Waals surface area (Å²) in [5.74, 6) is 0.144. The van der Waals surface area contributed by atoms with E-state index in [1.165, 1.54) is 6.92 Å². The lowest BCUT2D eigenvalue weighted by atomic mass is 10.1. The van der Waals surface area contributed by atoms with Gasteiger partial charge in [0.25, 0.3) is 0 Å². The van der Waals surface area contributed by atoms with Crippen molar-refractivity contribution in [2.24, 2.45) is 0 Å². The molecule has 0 aliphatic rings. The van der Waals surface area contributed by atoms with Crippen molar-refractivity contribution in [3.8, 4) is 5.75 Å². The summed E-state index contributed by atoms with van der Waals surface area (Å²) in [4.78, 5) is 21.9. The van der Waals surface area contributed by atoms with Gasteiger partial charge >= 0.3 is 0 Å². The molecule has 0 spiro atoms. The van der Waals surface area contributed by atoms with Crippen LogP contribution in [0, 0.1) is 0 Å². The van der Waals surface area contributed by atoms with Gasteiger partial charge in [-0.15, -0.1) is 0 Å². The van der Waals surface area contributed by atoms with Gasteiger partial charge in [-0.2, -0.15) is 0 Å². The zero-order valence-corrected chi connectivity index (χ0v) is 9.45. The summed E-state index contributed by atoms with van der Waals surface area (Å²) in [5.41, 5.74) is 0.849. The Labute approximate surface area is 94.6 Å². The lowest BCUT2D eigenvalue weighted by Crippen LogP contribution is -2.29. The molecule has 0 bridgehead atoms. The van der Waals surface area contributed by atoms with Crippen LogP contribution in [0.4, 0.5) is 0 Å². The molecule has 1 rings (SSSR count). The Balaban J connectivity index is 2.54. The van der Waals surface area contributed by atoms with E-state index >= 15 is 0 Å². The number of rotatable bonds is 4. The predicted octanol–water partition coefficient (Wildman–Crippen LogP) is 1.29. The number of nitrogens with one attached hydrogen (secondary N) is 1. The van der Waals surface area contributed by atoms with E-state index in [2.05, 4.69) is 5.32 Å². The van der Waals surface area contributed by atoms with Crippen LogP contribution in [-0.2, 0) is 16.0 Å². The van der Waals surface area contributed by atoms with Gasteiger partial charge in [0.05, 0.1) is 13.0 Å². The fraction of sp³-hybridized carbons (Fsp3) is 0.333. The molecular formula is C12H15NO3. The van der Waals surface area contributed by atoms with Crippen molar-refractivity contribution >= 4 is 11.8 Å². The molecule has 0 aliphatic heterocycles. The van der Waals surface area contributed by atoms with E-state index in [0.29, 0.717) is 6.61 Å².